The first kappa shape index (κ1) is 30.7. The summed E-state index contributed by atoms with van der Waals surface area (Å²) in [6.45, 7) is 6.35. The second-order valence-electron chi connectivity index (χ2n) is 13.7. The van der Waals surface area contributed by atoms with Crippen LogP contribution in [0.1, 0.15) is 23.6 Å². The van der Waals surface area contributed by atoms with Gasteiger partial charge < -0.3 is 4.57 Å². The lowest BCUT2D eigenvalue weighted by Crippen LogP contribution is -2.32. The van der Waals surface area contributed by atoms with Gasteiger partial charge in [0.2, 0.25) is 0 Å². The first-order valence-electron chi connectivity index (χ1n) is 17.9. The molecule has 0 saturated heterocycles. The second-order valence-corrected chi connectivity index (χ2v) is 15.0. The van der Waals surface area contributed by atoms with Crippen molar-refractivity contribution in [2.45, 2.75) is 17.2 Å². The summed E-state index contributed by atoms with van der Waals surface area (Å²) in [5.74, 6) is 0. The Labute approximate surface area is 308 Å². The van der Waals surface area contributed by atoms with Gasteiger partial charge >= 0.3 is 0 Å². The molecule has 1 nitrogen and oxygen atoms in total. The molecule has 1 spiro atoms. The lowest BCUT2D eigenvalue weighted by Gasteiger charge is -2.40. The van der Waals surface area contributed by atoms with Crippen LogP contribution in [0.25, 0.3) is 60.9 Å². The van der Waals surface area contributed by atoms with Crippen molar-refractivity contribution in [2.24, 2.45) is 0 Å². The third-order valence-corrected chi connectivity index (χ3v) is 12.0. The molecule has 10 rings (SSSR count). The topological polar surface area (TPSA) is 4.93 Å². The van der Waals surface area contributed by atoms with E-state index in [2.05, 4.69) is 194 Å². The second kappa shape index (κ2) is 12.0. The summed E-state index contributed by atoms with van der Waals surface area (Å²) >= 11 is 1.89. The molecule has 0 saturated carbocycles. The molecule has 8 aromatic rings. The molecule has 0 N–H and O–H groups in total. The summed E-state index contributed by atoms with van der Waals surface area (Å²) in [7, 11) is 0. The van der Waals surface area contributed by atoms with Crippen molar-refractivity contribution in [3.8, 4) is 39.1 Å². The maximum Gasteiger partial charge on any atom is 0.0732 e. The Kier molecular flexibility index (Phi) is 7.09. The van der Waals surface area contributed by atoms with E-state index in [1.807, 2.05) is 17.8 Å². The van der Waals surface area contributed by atoms with Crippen LogP contribution in [0, 0.1) is 0 Å². The molecule has 0 unspecified atom stereocenters. The Morgan fingerprint density at radius 1 is 0.538 bits per heavy atom. The molecular weight excluding hydrogens is 647 g/mol. The zero-order valence-electron chi connectivity index (χ0n) is 28.9. The number of fused-ring (bicyclic) bond motifs is 10. The third kappa shape index (κ3) is 4.44. The minimum Gasteiger partial charge on any atom is -0.309 e. The van der Waals surface area contributed by atoms with E-state index < -0.39 is 5.41 Å². The monoisotopic (exact) mass is 681 g/mol. The van der Waals surface area contributed by atoms with Crippen molar-refractivity contribution >= 4 is 33.6 Å². The first-order valence-corrected chi connectivity index (χ1v) is 18.7. The molecule has 0 fully saturated rings. The molecular formula is C50H35NS. The number of rotatable bonds is 5. The van der Waals surface area contributed by atoms with Gasteiger partial charge in [0, 0.05) is 21.4 Å². The summed E-state index contributed by atoms with van der Waals surface area (Å²) in [6.07, 6.45) is 6.30. The van der Waals surface area contributed by atoms with Gasteiger partial charge in [0.1, 0.15) is 0 Å². The number of hydrogen-bond donors (Lipinski definition) is 0. The van der Waals surface area contributed by atoms with Crippen LogP contribution in [0.2, 0.25) is 0 Å². The van der Waals surface area contributed by atoms with Crippen molar-refractivity contribution in [1.82, 2.24) is 4.57 Å². The predicted octanol–water partition coefficient (Wildman–Crippen LogP) is 13.6. The number of aromatic nitrogens is 1. The van der Waals surface area contributed by atoms with Crippen LogP contribution < -0.4 is 0 Å². The number of thioether (sulfide) groups is 1. The lowest BCUT2D eigenvalue weighted by atomic mass is 9.66. The van der Waals surface area contributed by atoms with E-state index in [9.17, 15) is 0 Å². The molecule has 1 aliphatic carbocycles. The van der Waals surface area contributed by atoms with Crippen molar-refractivity contribution in [3.63, 3.8) is 0 Å². The van der Waals surface area contributed by atoms with Gasteiger partial charge in [0.15, 0.2) is 0 Å². The molecule has 0 radical (unpaired) electrons. The summed E-state index contributed by atoms with van der Waals surface area (Å²) in [5.41, 5.74) is 15.8. The van der Waals surface area contributed by atoms with Gasteiger partial charge in [0.25, 0.3) is 0 Å². The minimum absolute atomic E-state index is 0.478. The number of hydrogen-bond acceptors (Lipinski definition) is 1. The number of allylic oxidation sites excluding steroid dienone is 5. The zero-order chi connectivity index (χ0) is 34.8. The van der Waals surface area contributed by atoms with Gasteiger partial charge in [-0.1, -0.05) is 164 Å². The molecule has 52 heavy (non-hydrogen) atoms. The van der Waals surface area contributed by atoms with Crippen LogP contribution in [-0.2, 0) is 5.41 Å². The highest BCUT2D eigenvalue weighted by Gasteiger charge is 2.50. The Hall–Kier alpha value is -6.09. The third-order valence-electron chi connectivity index (χ3n) is 11.0. The molecule has 0 amide bonds. The predicted molar refractivity (Wildman–Crippen MR) is 221 cm³/mol. The summed E-state index contributed by atoms with van der Waals surface area (Å²) < 4.78 is 2.50. The van der Waals surface area contributed by atoms with E-state index in [1.54, 1.807) is 0 Å². The van der Waals surface area contributed by atoms with Crippen molar-refractivity contribution in [2.75, 3.05) is 0 Å². The van der Waals surface area contributed by atoms with Crippen LogP contribution in [-0.4, -0.2) is 4.57 Å². The van der Waals surface area contributed by atoms with Gasteiger partial charge in [-0.2, -0.15) is 0 Å². The largest absolute Gasteiger partial charge is 0.309 e. The SMILES string of the molecule is C=C/C=C\C1=C(C)Sc2cc3c4ccccc4n(-c4cc(-c5ccccc5)cc(-c5ccccc5)c4)c3cc2C12c1ccccc1-c1ccccc12. The number of nitrogens with zero attached hydrogens (tertiary/aromatic N) is 1. The highest BCUT2D eigenvalue weighted by atomic mass is 32.2. The average molecular weight is 682 g/mol. The van der Waals surface area contributed by atoms with Crippen LogP contribution in [0.3, 0.4) is 0 Å². The van der Waals surface area contributed by atoms with Crippen LogP contribution in [0.15, 0.2) is 204 Å². The molecule has 1 aliphatic heterocycles. The number of para-hydroxylation sites is 1. The average Bonchev–Trinajstić information content (AvgIpc) is 3.68. The summed E-state index contributed by atoms with van der Waals surface area (Å²) in [4.78, 5) is 2.61. The molecule has 2 heteroatoms. The normalized spacial score (nSPS) is 14.2. The van der Waals surface area contributed by atoms with E-state index in [1.165, 1.54) is 87.3 Å². The zero-order valence-corrected chi connectivity index (χ0v) is 29.7. The fourth-order valence-electron chi connectivity index (χ4n) is 8.84. The first-order chi connectivity index (χ1) is 25.7. The fourth-order valence-corrected chi connectivity index (χ4v) is 10.00. The van der Waals surface area contributed by atoms with Gasteiger partial charge in [-0.3, -0.25) is 0 Å². The van der Waals surface area contributed by atoms with Gasteiger partial charge in [-0.15, -0.1) is 0 Å². The van der Waals surface area contributed by atoms with Crippen molar-refractivity contribution < 1.29 is 0 Å². The van der Waals surface area contributed by atoms with E-state index in [0.717, 1.165) is 5.69 Å². The highest BCUT2D eigenvalue weighted by molar-refractivity contribution is 8.03. The maximum atomic E-state index is 4.07. The van der Waals surface area contributed by atoms with E-state index in [4.69, 9.17) is 0 Å². The van der Waals surface area contributed by atoms with E-state index in [-0.39, 0.29) is 0 Å². The Bertz CT molecular complexity index is 2680. The Balaban J connectivity index is 1.33. The van der Waals surface area contributed by atoms with E-state index in [0.29, 0.717) is 0 Å². The van der Waals surface area contributed by atoms with Crippen LogP contribution in [0.5, 0.6) is 0 Å². The molecule has 0 bridgehead atoms. The van der Waals surface area contributed by atoms with Crippen molar-refractivity contribution in [3.05, 3.63) is 216 Å². The van der Waals surface area contributed by atoms with Gasteiger partial charge in [-0.05, 0) is 104 Å². The quantitative estimate of drug-likeness (QED) is 0.164. The fraction of sp³-hybridized carbons (Fsp3) is 0.0400. The summed E-state index contributed by atoms with van der Waals surface area (Å²) in [5, 5.41) is 2.52. The Morgan fingerprint density at radius 2 is 1.12 bits per heavy atom. The highest BCUT2D eigenvalue weighted by Crippen LogP contribution is 2.62. The minimum atomic E-state index is -0.478. The smallest absolute Gasteiger partial charge is 0.0732 e. The van der Waals surface area contributed by atoms with E-state index >= 15 is 0 Å². The van der Waals surface area contributed by atoms with Gasteiger partial charge in [-0.25, -0.2) is 0 Å². The Morgan fingerprint density at radius 3 is 1.75 bits per heavy atom. The van der Waals surface area contributed by atoms with Crippen molar-refractivity contribution in [1.29, 1.82) is 0 Å². The molecule has 246 valence electrons. The van der Waals surface area contributed by atoms with Gasteiger partial charge in [0.05, 0.1) is 16.4 Å². The maximum absolute atomic E-state index is 4.07. The number of benzene rings is 7. The van der Waals surface area contributed by atoms with Crippen LogP contribution >= 0.6 is 11.8 Å². The lowest BCUT2D eigenvalue weighted by molar-refractivity contribution is 0.740. The van der Waals surface area contributed by atoms with Crippen LogP contribution in [0.4, 0.5) is 0 Å². The molecule has 2 heterocycles. The molecule has 1 aromatic heterocycles. The standard InChI is InChI=1S/C50H35NS/c1-3-4-24-43-33(2)52-49-31-42-41-23-13-16-27-47(41)51(38-29-36(34-17-7-5-8-18-34)28-37(30-38)35-19-9-6-10-20-35)48(42)32-46(49)50(43)44-25-14-11-21-39(44)40-22-12-15-26-45(40)50/h3-32H,1H2,2H3/b24-4-. The molecule has 2 aliphatic rings. The molecule has 7 aromatic carbocycles. The molecule has 0 atom stereocenters. The summed E-state index contributed by atoms with van der Waals surface area (Å²) in [6, 6.07) is 60.5.